The summed E-state index contributed by atoms with van der Waals surface area (Å²) in [6.07, 6.45) is 12.1. The zero-order chi connectivity index (χ0) is 19.2. The third kappa shape index (κ3) is 2.98. The van der Waals surface area contributed by atoms with E-state index in [1.165, 1.54) is 17.5 Å². The van der Waals surface area contributed by atoms with Crippen LogP contribution in [-0.2, 0) is 6.42 Å². The van der Waals surface area contributed by atoms with Crippen LogP contribution in [0, 0.1) is 29.6 Å². The maximum Gasteiger partial charge on any atom is 0.130 e. The fraction of sp³-hybridized carbons (Fsp3) is 0.667. The van der Waals surface area contributed by atoms with Crippen LogP contribution in [0.15, 0.2) is 18.2 Å². The summed E-state index contributed by atoms with van der Waals surface area (Å²) >= 11 is 0. The highest BCUT2D eigenvalue weighted by Crippen LogP contribution is 2.64. The Hall–Kier alpha value is -1.50. The fourth-order valence-electron chi connectivity index (χ4n) is 6.25. The summed E-state index contributed by atoms with van der Waals surface area (Å²) in [5, 5.41) is 11.0. The van der Waals surface area contributed by atoms with Crippen LogP contribution in [0.3, 0.4) is 0 Å². The summed E-state index contributed by atoms with van der Waals surface area (Å²) in [6, 6.07) is 6.72. The molecule has 0 heterocycles. The highest BCUT2D eigenvalue weighted by Gasteiger charge is 2.61. The van der Waals surface area contributed by atoms with Crippen LogP contribution in [-0.4, -0.2) is 42.9 Å². The molecule has 146 valence electrons. The molecule has 0 bridgehead atoms. The molecule has 0 spiro atoms. The van der Waals surface area contributed by atoms with Gasteiger partial charge in [0.15, 0.2) is 0 Å². The monoisotopic (exact) mass is 367 g/mol. The van der Waals surface area contributed by atoms with Crippen molar-refractivity contribution >= 4 is 0 Å². The normalized spacial score (nSPS) is 37.3. The second-order valence-electron chi connectivity index (χ2n) is 9.43. The number of likely N-dealkylation sites (N-methyl/N-ethyl adjacent to an activating group) is 1. The number of hydrogen-bond donors (Lipinski definition) is 1. The molecule has 0 radical (unpaired) electrons. The standard InChI is InChI=1S/C24H33NO2/c1-5-24(26)13-11-22-21-8-6-17-16-18(27-15-14-25(3)4)7-9-19(17)20(21)10-12-23(22,24)2/h1,7,9,16,20-22,26H,6,8,10-15H2,2-4H3/t20?,21?,22?,23-,24-/m0/s1. The molecule has 0 amide bonds. The van der Waals surface area contributed by atoms with Crippen molar-refractivity contribution in [2.24, 2.45) is 17.3 Å². The average molecular weight is 368 g/mol. The lowest BCUT2D eigenvalue weighted by atomic mass is 9.53. The molecule has 3 aliphatic carbocycles. The van der Waals surface area contributed by atoms with Gasteiger partial charge in [0.1, 0.15) is 18.0 Å². The molecular weight excluding hydrogens is 334 g/mol. The summed E-state index contributed by atoms with van der Waals surface area (Å²) in [4.78, 5) is 2.14. The van der Waals surface area contributed by atoms with Gasteiger partial charge in [-0.2, -0.15) is 0 Å². The van der Waals surface area contributed by atoms with Crippen molar-refractivity contribution in [1.29, 1.82) is 0 Å². The van der Waals surface area contributed by atoms with Crippen molar-refractivity contribution in [3.8, 4) is 18.1 Å². The number of fused-ring (bicyclic) bond motifs is 5. The number of ether oxygens (including phenoxy) is 1. The number of aliphatic hydroxyl groups is 1. The van der Waals surface area contributed by atoms with Gasteiger partial charge in [-0.25, -0.2) is 0 Å². The number of hydrogen-bond acceptors (Lipinski definition) is 3. The first-order valence-corrected chi connectivity index (χ1v) is 10.5. The number of aryl methyl sites for hydroxylation is 1. The molecule has 0 aromatic heterocycles. The van der Waals surface area contributed by atoms with E-state index in [4.69, 9.17) is 11.2 Å². The summed E-state index contributed by atoms with van der Waals surface area (Å²) in [5.41, 5.74) is 1.96. The lowest BCUT2D eigenvalue weighted by Gasteiger charge is -2.52. The van der Waals surface area contributed by atoms with Crippen LogP contribution in [0.1, 0.15) is 56.1 Å². The number of nitrogens with zero attached hydrogens (tertiary/aromatic N) is 1. The van der Waals surface area contributed by atoms with Gasteiger partial charge < -0.3 is 14.7 Å². The molecule has 1 aromatic rings. The molecule has 27 heavy (non-hydrogen) atoms. The van der Waals surface area contributed by atoms with E-state index < -0.39 is 5.60 Å². The van der Waals surface area contributed by atoms with E-state index in [0.29, 0.717) is 17.8 Å². The zero-order valence-corrected chi connectivity index (χ0v) is 17.0. The summed E-state index contributed by atoms with van der Waals surface area (Å²) in [7, 11) is 4.13. The van der Waals surface area contributed by atoms with Crippen LogP contribution in [0.2, 0.25) is 0 Å². The Morgan fingerprint density at radius 3 is 2.81 bits per heavy atom. The van der Waals surface area contributed by atoms with E-state index in [0.717, 1.165) is 51.0 Å². The van der Waals surface area contributed by atoms with Gasteiger partial charge in [-0.15, -0.1) is 6.42 Å². The molecule has 2 saturated carbocycles. The first kappa shape index (κ1) is 18.8. The lowest BCUT2D eigenvalue weighted by molar-refractivity contribution is -0.0646. The Balaban J connectivity index is 1.54. The van der Waals surface area contributed by atoms with Gasteiger partial charge in [-0.3, -0.25) is 0 Å². The Morgan fingerprint density at radius 1 is 1.26 bits per heavy atom. The fourth-order valence-corrected chi connectivity index (χ4v) is 6.25. The third-order valence-electron chi connectivity index (χ3n) is 7.90. The quantitative estimate of drug-likeness (QED) is 0.821. The van der Waals surface area contributed by atoms with Gasteiger partial charge in [0, 0.05) is 12.0 Å². The smallest absolute Gasteiger partial charge is 0.130 e. The molecule has 1 aromatic carbocycles. The molecule has 4 rings (SSSR count). The predicted molar refractivity (Wildman–Crippen MR) is 109 cm³/mol. The average Bonchev–Trinajstić information content (AvgIpc) is 2.93. The van der Waals surface area contributed by atoms with Crippen molar-refractivity contribution in [1.82, 2.24) is 4.90 Å². The highest BCUT2D eigenvalue weighted by atomic mass is 16.5. The highest BCUT2D eigenvalue weighted by molar-refractivity contribution is 5.41. The first-order valence-electron chi connectivity index (χ1n) is 10.5. The van der Waals surface area contributed by atoms with Gasteiger partial charge in [0.05, 0.1) is 0 Å². The molecule has 0 aliphatic heterocycles. The Bertz CT molecular complexity index is 751. The lowest BCUT2D eigenvalue weighted by Crippen LogP contribution is -2.50. The van der Waals surface area contributed by atoms with Gasteiger partial charge in [-0.05, 0) is 93.6 Å². The summed E-state index contributed by atoms with van der Waals surface area (Å²) in [6.45, 7) is 3.90. The van der Waals surface area contributed by atoms with Gasteiger partial charge >= 0.3 is 0 Å². The van der Waals surface area contributed by atoms with E-state index >= 15 is 0 Å². The molecule has 0 saturated heterocycles. The van der Waals surface area contributed by atoms with Crippen molar-refractivity contribution in [2.45, 2.75) is 57.0 Å². The number of terminal acetylenes is 1. The maximum absolute atomic E-state index is 11.0. The Labute approximate surface area is 164 Å². The first-order chi connectivity index (χ1) is 12.9. The molecule has 2 fully saturated rings. The van der Waals surface area contributed by atoms with Crippen molar-refractivity contribution in [2.75, 3.05) is 27.2 Å². The van der Waals surface area contributed by atoms with Gasteiger partial charge in [-0.1, -0.05) is 18.9 Å². The van der Waals surface area contributed by atoms with Crippen LogP contribution in [0.5, 0.6) is 5.75 Å². The Kier molecular flexibility index (Phi) is 4.77. The SMILES string of the molecule is C#C[C@]1(O)CCC2C3CCc4cc(OCCN(C)C)ccc4C3CC[C@@]21C. The van der Waals surface area contributed by atoms with Crippen molar-refractivity contribution < 1.29 is 9.84 Å². The van der Waals surface area contributed by atoms with E-state index in [1.807, 2.05) is 0 Å². The van der Waals surface area contributed by atoms with Crippen LogP contribution in [0.25, 0.3) is 0 Å². The molecule has 5 atom stereocenters. The summed E-state index contributed by atoms with van der Waals surface area (Å²) < 4.78 is 5.95. The van der Waals surface area contributed by atoms with E-state index in [9.17, 15) is 5.11 Å². The summed E-state index contributed by atoms with van der Waals surface area (Å²) in [5.74, 6) is 5.57. The Morgan fingerprint density at radius 2 is 2.07 bits per heavy atom. The van der Waals surface area contributed by atoms with Crippen molar-refractivity contribution in [3.05, 3.63) is 29.3 Å². The van der Waals surface area contributed by atoms with E-state index in [-0.39, 0.29) is 5.41 Å². The molecule has 3 unspecified atom stereocenters. The van der Waals surface area contributed by atoms with Gasteiger partial charge in [0.2, 0.25) is 0 Å². The topological polar surface area (TPSA) is 32.7 Å². The van der Waals surface area contributed by atoms with Crippen LogP contribution < -0.4 is 4.74 Å². The molecule has 3 aliphatic rings. The minimum Gasteiger partial charge on any atom is -0.492 e. The second-order valence-corrected chi connectivity index (χ2v) is 9.43. The largest absolute Gasteiger partial charge is 0.492 e. The zero-order valence-electron chi connectivity index (χ0n) is 17.0. The second kappa shape index (κ2) is 6.83. The molecular formula is C24H33NO2. The van der Waals surface area contributed by atoms with Gasteiger partial charge in [0.25, 0.3) is 0 Å². The number of rotatable bonds is 4. The van der Waals surface area contributed by atoms with Crippen LogP contribution >= 0.6 is 0 Å². The minimum absolute atomic E-state index is 0.115. The van der Waals surface area contributed by atoms with E-state index in [1.54, 1.807) is 0 Å². The maximum atomic E-state index is 11.0. The van der Waals surface area contributed by atoms with E-state index in [2.05, 4.69) is 50.0 Å². The van der Waals surface area contributed by atoms with Crippen LogP contribution in [0.4, 0.5) is 0 Å². The van der Waals surface area contributed by atoms with Crippen molar-refractivity contribution in [3.63, 3.8) is 0 Å². The molecule has 3 nitrogen and oxygen atoms in total. The molecule has 3 heteroatoms. The third-order valence-corrected chi connectivity index (χ3v) is 7.90. The predicted octanol–water partition coefficient (Wildman–Crippen LogP) is 3.85. The minimum atomic E-state index is -0.910. The number of benzene rings is 1. The molecule has 1 N–H and O–H groups in total.